The summed E-state index contributed by atoms with van der Waals surface area (Å²) in [7, 11) is 0. The Labute approximate surface area is 150 Å². The van der Waals surface area contributed by atoms with E-state index in [-0.39, 0.29) is 6.29 Å². The van der Waals surface area contributed by atoms with E-state index in [0.29, 0.717) is 0 Å². The molecule has 156 valence electrons. The molecule has 0 aromatic heterocycles. The van der Waals surface area contributed by atoms with Gasteiger partial charge in [-0.05, 0) is 0 Å². The molecule has 0 aliphatic carbocycles. The van der Waals surface area contributed by atoms with Gasteiger partial charge in [0.05, 0.1) is 6.61 Å². The predicted molar refractivity (Wildman–Crippen MR) is 77.7 cm³/mol. The van der Waals surface area contributed by atoms with Crippen LogP contribution in [0.4, 0.5) is 0 Å². The summed E-state index contributed by atoms with van der Waals surface area (Å²) >= 11 is 0. The molecule has 14 nitrogen and oxygen atoms in total. The number of ketones is 1. The van der Waals surface area contributed by atoms with Crippen LogP contribution in [-0.2, 0) is 23.9 Å². The number of hydrogen-bond donors (Lipinski definition) is 9. The maximum Gasteiger partial charge on any atom is 0.378 e. The second-order valence-electron chi connectivity index (χ2n) is 5.31. The van der Waals surface area contributed by atoms with Gasteiger partial charge in [0.25, 0.3) is 5.78 Å². The molecular weight excluding hydrogens is 380 g/mol. The average molecular weight is 400 g/mol. The lowest BCUT2D eigenvalue weighted by Crippen LogP contribution is -2.52. The van der Waals surface area contributed by atoms with Crippen molar-refractivity contribution in [1.82, 2.24) is 0 Å². The molecule has 0 radical (unpaired) electrons. The summed E-state index contributed by atoms with van der Waals surface area (Å²) in [6.45, 7) is -1.06. The zero-order valence-corrected chi connectivity index (χ0v) is 13.5. The summed E-state index contributed by atoms with van der Waals surface area (Å²) in [5.41, 5.74) is 0. The van der Waals surface area contributed by atoms with E-state index < -0.39 is 73.2 Å². The van der Waals surface area contributed by atoms with E-state index in [9.17, 15) is 44.7 Å². The highest BCUT2D eigenvalue weighted by molar-refractivity contribution is 6.35. The molecule has 0 rings (SSSR count). The second kappa shape index (κ2) is 11.0. The number of rotatable bonds is 12. The highest BCUT2D eigenvalue weighted by Gasteiger charge is 2.41. The topological polar surface area (TPSA) is 260 Å². The van der Waals surface area contributed by atoms with Gasteiger partial charge in [-0.2, -0.15) is 0 Å². The SMILES string of the molecule is O=C[C@H](OC(=O)C(=O)[C@@H](O)[C@H](O)[C@H](O)[C@@H](O)CO)[C@@H](O)[C@@H](O)[C@H](O)C(=O)O. The maximum atomic E-state index is 11.6. The van der Waals surface area contributed by atoms with E-state index >= 15 is 0 Å². The van der Waals surface area contributed by atoms with E-state index in [1.165, 1.54) is 0 Å². The van der Waals surface area contributed by atoms with Crippen LogP contribution in [-0.4, -0.2) is 125 Å². The van der Waals surface area contributed by atoms with Crippen LogP contribution in [0.5, 0.6) is 0 Å². The quantitative estimate of drug-likeness (QED) is 0.0838. The molecule has 8 atom stereocenters. The minimum atomic E-state index is -2.67. The first kappa shape index (κ1) is 25.0. The molecule has 0 saturated carbocycles. The zero-order valence-electron chi connectivity index (χ0n) is 13.5. The zero-order chi connectivity index (χ0) is 21.5. The summed E-state index contributed by atoms with van der Waals surface area (Å²) in [6, 6.07) is 0. The van der Waals surface area contributed by atoms with Crippen LogP contribution in [0.15, 0.2) is 0 Å². The number of esters is 1. The smallest absolute Gasteiger partial charge is 0.378 e. The third-order valence-electron chi connectivity index (χ3n) is 3.36. The van der Waals surface area contributed by atoms with Crippen LogP contribution in [0, 0.1) is 0 Å². The van der Waals surface area contributed by atoms with Crippen LogP contribution < -0.4 is 0 Å². The van der Waals surface area contributed by atoms with Crippen LogP contribution in [0.1, 0.15) is 0 Å². The fourth-order valence-corrected chi connectivity index (χ4v) is 1.69. The largest absolute Gasteiger partial charge is 0.479 e. The molecule has 0 saturated heterocycles. The predicted octanol–water partition coefficient (Wildman–Crippen LogP) is -6.73. The number of carbonyl (C=O) groups excluding carboxylic acids is 3. The van der Waals surface area contributed by atoms with Crippen molar-refractivity contribution in [2.45, 2.75) is 48.8 Å². The summed E-state index contributed by atoms with van der Waals surface area (Å²) in [5.74, 6) is -5.97. The lowest BCUT2D eigenvalue weighted by atomic mass is 10.00. The first-order valence-corrected chi connectivity index (χ1v) is 7.20. The summed E-state index contributed by atoms with van der Waals surface area (Å²) in [4.78, 5) is 44.6. The number of carboxylic acids is 1. The van der Waals surface area contributed by atoms with Gasteiger partial charge in [0, 0.05) is 0 Å². The molecule has 27 heavy (non-hydrogen) atoms. The fourth-order valence-electron chi connectivity index (χ4n) is 1.69. The van der Waals surface area contributed by atoms with Gasteiger partial charge in [-0.1, -0.05) is 0 Å². The normalized spacial score (nSPS) is 20.3. The molecule has 0 heterocycles. The van der Waals surface area contributed by atoms with Gasteiger partial charge in [0.1, 0.15) is 30.5 Å². The number of aliphatic hydroxyl groups excluding tert-OH is 8. The van der Waals surface area contributed by atoms with Gasteiger partial charge in [-0.25, -0.2) is 9.59 Å². The summed E-state index contributed by atoms with van der Waals surface area (Å²) < 4.78 is 4.18. The third-order valence-corrected chi connectivity index (χ3v) is 3.36. The third kappa shape index (κ3) is 6.56. The number of carbonyl (C=O) groups is 4. The summed E-state index contributed by atoms with van der Waals surface area (Å²) in [6.07, 6.45) is -19.6. The molecule has 0 aromatic rings. The fraction of sp³-hybridized carbons (Fsp3) is 0.692. The monoisotopic (exact) mass is 400 g/mol. The van der Waals surface area contributed by atoms with Gasteiger partial charge in [-0.3, -0.25) is 9.59 Å². The Morgan fingerprint density at radius 1 is 0.815 bits per heavy atom. The molecule has 0 aromatic carbocycles. The first-order chi connectivity index (χ1) is 12.4. The Bertz CT molecular complexity index is 535. The molecule has 0 unspecified atom stereocenters. The maximum absolute atomic E-state index is 11.6. The van der Waals surface area contributed by atoms with Gasteiger partial charge in [0.2, 0.25) is 0 Å². The molecule has 0 amide bonds. The Hall–Kier alpha value is -2.04. The lowest BCUT2D eigenvalue weighted by Gasteiger charge is -2.26. The standard InChI is InChI=1S/C13H20O14/c14-1-3(16)5(17)7(19)9(21)11(23)13(26)27-4(2-15)6(18)8(20)10(22)12(24)25/h2-10,14,16-22H,1H2,(H,24,25)/t3-,4-,5+,6+,7+,8+,9-,10-/m0/s1. The Balaban J connectivity index is 5.08. The van der Waals surface area contributed by atoms with Crippen molar-refractivity contribution in [3.8, 4) is 0 Å². The second-order valence-corrected chi connectivity index (χ2v) is 5.31. The minimum absolute atomic E-state index is 0.319. The average Bonchev–Trinajstić information content (AvgIpc) is 2.66. The first-order valence-electron chi connectivity index (χ1n) is 7.20. The van der Waals surface area contributed by atoms with Crippen LogP contribution >= 0.6 is 0 Å². The molecule has 0 aliphatic rings. The number of aliphatic carboxylic acids is 1. The number of aliphatic hydroxyl groups is 8. The number of carboxylic acid groups (broad SMARTS) is 1. The van der Waals surface area contributed by atoms with Crippen molar-refractivity contribution < 1.29 is 69.9 Å². The Kier molecular flexibility index (Phi) is 10.1. The molecule has 0 aliphatic heterocycles. The molecule has 0 bridgehead atoms. The minimum Gasteiger partial charge on any atom is -0.479 e. The highest BCUT2D eigenvalue weighted by Crippen LogP contribution is 2.11. The van der Waals surface area contributed by atoms with Crippen LogP contribution in [0.2, 0.25) is 0 Å². The summed E-state index contributed by atoms with van der Waals surface area (Å²) in [5, 5.41) is 82.5. The van der Waals surface area contributed by atoms with E-state index in [1.807, 2.05) is 0 Å². The molecule has 9 N–H and O–H groups in total. The van der Waals surface area contributed by atoms with Crippen molar-refractivity contribution in [1.29, 1.82) is 0 Å². The van der Waals surface area contributed by atoms with Gasteiger partial charge in [0.15, 0.2) is 24.6 Å². The van der Waals surface area contributed by atoms with Gasteiger partial charge in [-0.15, -0.1) is 0 Å². The lowest BCUT2D eigenvalue weighted by molar-refractivity contribution is -0.180. The van der Waals surface area contributed by atoms with Crippen molar-refractivity contribution in [3.63, 3.8) is 0 Å². The number of hydrogen-bond acceptors (Lipinski definition) is 13. The van der Waals surface area contributed by atoms with Crippen molar-refractivity contribution in [2.75, 3.05) is 6.61 Å². The van der Waals surface area contributed by atoms with Crippen LogP contribution in [0.25, 0.3) is 0 Å². The Morgan fingerprint density at radius 2 is 1.30 bits per heavy atom. The number of aldehydes is 1. The van der Waals surface area contributed by atoms with Gasteiger partial charge < -0.3 is 50.7 Å². The molecule has 0 fully saturated rings. The van der Waals surface area contributed by atoms with E-state index in [2.05, 4.69) is 4.74 Å². The van der Waals surface area contributed by atoms with Crippen molar-refractivity contribution in [2.24, 2.45) is 0 Å². The van der Waals surface area contributed by atoms with E-state index in [1.54, 1.807) is 0 Å². The number of Topliss-reactive ketones (excluding diaryl/α,β-unsaturated/α-hetero) is 1. The van der Waals surface area contributed by atoms with Crippen LogP contribution in [0.3, 0.4) is 0 Å². The Morgan fingerprint density at radius 3 is 1.70 bits per heavy atom. The van der Waals surface area contributed by atoms with E-state index in [4.69, 9.17) is 20.4 Å². The van der Waals surface area contributed by atoms with E-state index in [0.717, 1.165) is 0 Å². The molecular formula is C13H20O14. The van der Waals surface area contributed by atoms with Crippen molar-refractivity contribution >= 4 is 24.0 Å². The highest BCUT2D eigenvalue weighted by atomic mass is 16.6. The van der Waals surface area contributed by atoms with Gasteiger partial charge >= 0.3 is 11.9 Å². The van der Waals surface area contributed by atoms with Crippen molar-refractivity contribution in [3.05, 3.63) is 0 Å². The number of ether oxygens (including phenoxy) is 1. The molecule has 14 heteroatoms. The molecule has 0 spiro atoms.